The number of anilines is 1. The Hall–Kier alpha value is 0.260. The minimum Gasteiger partial charge on any atom is -0.811 e. The Labute approximate surface area is 169 Å². The zero-order valence-electron chi connectivity index (χ0n) is 12.4. The van der Waals surface area contributed by atoms with Crippen LogP contribution in [0.3, 0.4) is 0 Å². The minimum atomic E-state index is -4.63. The van der Waals surface area contributed by atoms with E-state index in [0.29, 0.717) is 0 Å². The van der Waals surface area contributed by atoms with Crippen molar-refractivity contribution < 1.29 is 73.5 Å². The van der Waals surface area contributed by atoms with Gasteiger partial charge in [0.25, 0.3) is 5.56 Å². The molecule has 2 aromatic heterocycles. The average molecular weight is 346 g/mol. The summed E-state index contributed by atoms with van der Waals surface area (Å²) in [7, 11) is -4.63. The number of imidazole rings is 1. The van der Waals surface area contributed by atoms with E-state index >= 15 is 0 Å². The standard InChI is InChI=1S/C9H15N6O4P.2Na/c10-5(3-20(17,18)19)1-2-15-4-12-6-7(15)13-9(11)14-8(6)16;;/h4-5H,1-3,10H2,(H2,17,18,19)(H3,11,13,14,16);;/q;2*+1/p-2/t5-;;/m0../s1. The molecule has 0 saturated carbocycles. The molecule has 0 saturated heterocycles. The third-order valence-electron chi connectivity index (χ3n) is 2.69. The quantitative estimate of drug-likeness (QED) is 0.353. The molecule has 0 aliphatic carbocycles. The van der Waals surface area contributed by atoms with Crippen LogP contribution in [0.4, 0.5) is 5.95 Å². The van der Waals surface area contributed by atoms with Crippen molar-refractivity contribution in [3.8, 4) is 0 Å². The summed E-state index contributed by atoms with van der Waals surface area (Å²) in [5.74, 6) is -0.0443. The zero-order chi connectivity index (χ0) is 14.9. The molecule has 5 N–H and O–H groups in total. The number of nitrogens with one attached hydrogen (secondary N) is 1. The number of nitrogen functional groups attached to an aromatic ring is 1. The van der Waals surface area contributed by atoms with Crippen LogP contribution >= 0.6 is 7.60 Å². The van der Waals surface area contributed by atoms with Crippen LogP contribution in [0.1, 0.15) is 6.42 Å². The van der Waals surface area contributed by atoms with Gasteiger partial charge in [0.05, 0.1) is 6.33 Å². The molecule has 2 aromatic rings. The fourth-order valence-corrected chi connectivity index (χ4v) is 2.57. The SMILES string of the molecule is Nc1nc2c(ncn2CC[C@H](N)CP(=O)([O-])[O-])c(=O)[nH]1.[Na+].[Na+]. The molecule has 0 fully saturated rings. The summed E-state index contributed by atoms with van der Waals surface area (Å²) < 4.78 is 12.1. The fourth-order valence-electron chi connectivity index (χ4n) is 1.82. The number of aryl methyl sites for hydroxylation is 1. The molecule has 0 amide bonds. The molecule has 110 valence electrons. The van der Waals surface area contributed by atoms with Gasteiger partial charge in [-0.3, -0.25) is 9.78 Å². The maximum absolute atomic E-state index is 11.5. The van der Waals surface area contributed by atoms with E-state index in [-0.39, 0.29) is 89.2 Å². The van der Waals surface area contributed by atoms with Crippen LogP contribution in [0, 0.1) is 0 Å². The van der Waals surface area contributed by atoms with Crippen molar-refractivity contribution in [1.29, 1.82) is 0 Å². The first-order valence-corrected chi connectivity index (χ1v) is 7.46. The maximum atomic E-state index is 11.5. The van der Waals surface area contributed by atoms with Gasteiger partial charge in [0.1, 0.15) is 0 Å². The topological polar surface area (TPSA) is 179 Å². The van der Waals surface area contributed by atoms with E-state index in [1.54, 1.807) is 0 Å². The second-order valence-electron chi connectivity index (χ2n) is 4.40. The largest absolute Gasteiger partial charge is 1.00 e. The molecule has 22 heavy (non-hydrogen) atoms. The summed E-state index contributed by atoms with van der Waals surface area (Å²) in [6, 6.07) is -0.785. The van der Waals surface area contributed by atoms with Gasteiger partial charge in [0.15, 0.2) is 11.2 Å². The first-order chi connectivity index (χ1) is 9.26. The molecule has 2 heterocycles. The van der Waals surface area contributed by atoms with Gasteiger partial charge in [-0.25, -0.2) is 4.98 Å². The van der Waals surface area contributed by atoms with Crippen molar-refractivity contribution in [3.63, 3.8) is 0 Å². The molecule has 13 heteroatoms. The van der Waals surface area contributed by atoms with E-state index in [1.807, 2.05) is 0 Å². The second kappa shape index (κ2) is 8.93. The maximum Gasteiger partial charge on any atom is 1.00 e. The van der Waals surface area contributed by atoms with Crippen molar-refractivity contribution >= 4 is 24.7 Å². The van der Waals surface area contributed by atoms with Crippen LogP contribution in [-0.4, -0.2) is 31.7 Å². The molecule has 0 aliphatic rings. The first-order valence-electron chi connectivity index (χ1n) is 5.73. The molecule has 0 radical (unpaired) electrons. The monoisotopic (exact) mass is 346 g/mol. The Morgan fingerprint density at radius 3 is 2.64 bits per heavy atom. The molecule has 10 nitrogen and oxygen atoms in total. The third kappa shape index (κ3) is 6.04. The Bertz CT molecular complexity index is 728. The van der Waals surface area contributed by atoms with Crippen LogP contribution in [-0.2, 0) is 11.1 Å². The van der Waals surface area contributed by atoms with Crippen LogP contribution in [0.15, 0.2) is 11.1 Å². The van der Waals surface area contributed by atoms with E-state index < -0.39 is 25.4 Å². The number of nitrogens with two attached hydrogens (primary N) is 2. The molecular formula is C9H13N6Na2O4P. The summed E-state index contributed by atoms with van der Waals surface area (Å²) >= 11 is 0. The minimum absolute atomic E-state index is 0. The van der Waals surface area contributed by atoms with Crippen LogP contribution in [0.2, 0.25) is 0 Å². The van der Waals surface area contributed by atoms with Crippen molar-refractivity contribution in [2.45, 2.75) is 19.0 Å². The van der Waals surface area contributed by atoms with E-state index in [4.69, 9.17) is 11.5 Å². The van der Waals surface area contributed by atoms with Gasteiger partial charge in [-0.05, 0) is 12.6 Å². The van der Waals surface area contributed by atoms with E-state index in [0.717, 1.165) is 0 Å². The Balaban J connectivity index is 0.00000220. The van der Waals surface area contributed by atoms with Crippen LogP contribution in [0.5, 0.6) is 0 Å². The number of aromatic nitrogens is 4. The molecule has 0 aliphatic heterocycles. The second-order valence-corrected chi connectivity index (χ2v) is 5.99. The van der Waals surface area contributed by atoms with E-state index in [1.165, 1.54) is 10.9 Å². The van der Waals surface area contributed by atoms with Crippen molar-refractivity contribution in [2.24, 2.45) is 5.73 Å². The Morgan fingerprint density at radius 1 is 1.41 bits per heavy atom. The number of aromatic amines is 1. The first kappa shape index (κ1) is 22.3. The summed E-state index contributed by atoms with van der Waals surface area (Å²) in [6.45, 7) is 0.271. The van der Waals surface area contributed by atoms with Crippen LogP contribution in [0.25, 0.3) is 11.2 Å². The predicted molar refractivity (Wildman–Crippen MR) is 67.6 cm³/mol. The molecular weight excluding hydrogens is 333 g/mol. The summed E-state index contributed by atoms with van der Waals surface area (Å²) in [4.78, 5) is 42.9. The smallest absolute Gasteiger partial charge is 0.811 e. The van der Waals surface area contributed by atoms with Gasteiger partial charge < -0.3 is 30.4 Å². The number of hydrogen-bond acceptors (Lipinski definition) is 8. The van der Waals surface area contributed by atoms with Gasteiger partial charge in [-0.1, -0.05) is 7.60 Å². The van der Waals surface area contributed by atoms with Gasteiger partial charge in [-0.2, -0.15) is 4.98 Å². The number of fused-ring (bicyclic) bond motifs is 1. The number of nitrogens with zero attached hydrogens (tertiary/aromatic N) is 3. The Kier molecular flexibility index (Phi) is 9.04. The molecule has 0 bridgehead atoms. The van der Waals surface area contributed by atoms with Crippen molar-refractivity contribution in [3.05, 3.63) is 16.7 Å². The molecule has 0 unspecified atom stereocenters. The van der Waals surface area contributed by atoms with Crippen molar-refractivity contribution in [2.75, 3.05) is 11.9 Å². The van der Waals surface area contributed by atoms with Crippen molar-refractivity contribution in [1.82, 2.24) is 19.5 Å². The zero-order valence-corrected chi connectivity index (χ0v) is 17.2. The summed E-state index contributed by atoms with van der Waals surface area (Å²) in [5.41, 5.74) is 11.0. The number of rotatable bonds is 5. The predicted octanol–water partition coefficient (Wildman–Crippen LogP) is -8.66. The summed E-state index contributed by atoms with van der Waals surface area (Å²) in [6.07, 6.45) is 0.997. The van der Waals surface area contributed by atoms with Gasteiger partial charge in [-0.15, -0.1) is 0 Å². The Morgan fingerprint density at radius 2 is 2.05 bits per heavy atom. The van der Waals surface area contributed by atoms with Gasteiger partial charge >= 0.3 is 59.1 Å². The fraction of sp³-hybridized carbons (Fsp3) is 0.444. The average Bonchev–Trinajstić information content (AvgIpc) is 2.67. The number of hydrogen-bond donors (Lipinski definition) is 3. The normalized spacial score (nSPS) is 12.5. The van der Waals surface area contributed by atoms with Crippen LogP contribution < -0.4 is 85.9 Å². The van der Waals surface area contributed by atoms with E-state index in [2.05, 4.69) is 15.0 Å². The molecule has 0 aromatic carbocycles. The van der Waals surface area contributed by atoms with E-state index in [9.17, 15) is 19.1 Å². The van der Waals surface area contributed by atoms with Gasteiger partial charge in [0.2, 0.25) is 5.95 Å². The molecule has 1 atom stereocenters. The third-order valence-corrected chi connectivity index (χ3v) is 3.61. The summed E-state index contributed by atoms with van der Waals surface area (Å²) in [5, 5.41) is 0. The molecule has 2 rings (SSSR count). The molecule has 0 spiro atoms. The van der Waals surface area contributed by atoms with Gasteiger partial charge in [0, 0.05) is 12.6 Å². The number of H-pyrrole nitrogens is 1.